The molecule has 0 saturated carbocycles. The van der Waals surface area contributed by atoms with Gasteiger partial charge in [0.25, 0.3) is 0 Å². The van der Waals surface area contributed by atoms with Crippen LogP contribution in [0.2, 0.25) is 0 Å². The number of fused-ring (bicyclic) bond motifs is 1. The van der Waals surface area contributed by atoms with Crippen molar-refractivity contribution in [2.24, 2.45) is 0 Å². The van der Waals surface area contributed by atoms with Crippen molar-refractivity contribution < 1.29 is 4.39 Å². The summed E-state index contributed by atoms with van der Waals surface area (Å²) in [6, 6.07) is 8.60. The maximum atomic E-state index is 13.9. The summed E-state index contributed by atoms with van der Waals surface area (Å²) in [6.45, 7) is 3.51. The fourth-order valence-electron chi connectivity index (χ4n) is 2.97. The van der Waals surface area contributed by atoms with Gasteiger partial charge in [-0.05, 0) is 30.5 Å². The van der Waals surface area contributed by atoms with Crippen LogP contribution in [0.15, 0.2) is 24.3 Å². The molecule has 0 amide bonds. The lowest BCUT2D eigenvalue weighted by atomic mass is 9.96. The zero-order valence-electron chi connectivity index (χ0n) is 10.0. The van der Waals surface area contributed by atoms with Crippen LogP contribution in [-0.2, 0) is 13.0 Å². The number of nitrogens with zero attached hydrogens (tertiary/aromatic N) is 1. The van der Waals surface area contributed by atoms with E-state index in [1.807, 2.05) is 0 Å². The van der Waals surface area contributed by atoms with Gasteiger partial charge in [-0.15, -0.1) is 0 Å². The highest BCUT2D eigenvalue weighted by atomic mass is 19.1. The monoisotopic (exact) mass is 234 g/mol. The van der Waals surface area contributed by atoms with E-state index in [9.17, 15) is 4.39 Å². The summed E-state index contributed by atoms with van der Waals surface area (Å²) in [5.74, 6) is 0. The van der Waals surface area contributed by atoms with E-state index in [4.69, 9.17) is 0 Å². The third kappa shape index (κ3) is 2.22. The van der Waals surface area contributed by atoms with E-state index in [0.717, 1.165) is 32.6 Å². The SMILES string of the molecule is F[C@@H]1CCNC[C@@H]1N1CCc2ccccc2C1. The van der Waals surface area contributed by atoms with Gasteiger partial charge in [0.15, 0.2) is 0 Å². The summed E-state index contributed by atoms with van der Waals surface area (Å²) in [5.41, 5.74) is 2.81. The maximum Gasteiger partial charge on any atom is 0.118 e. The molecule has 3 rings (SSSR count). The van der Waals surface area contributed by atoms with Gasteiger partial charge in [0.05, 0.1) is 6.04 Å². The Kier molecular flexibility index (Phi) is 3.12. The highest BCUT2D eigenvalue weighted by Crippen LogP contribution is 2.23. The molecule has 1 aromatic carbocycles. The average Bonchev–Trinajstić information content (AvgIpc) is 2.39. The highest BCUT2D eigenvalue weighted by molar-refractivity contribution is 5.29. The van der Waals surface area contributed by atoms with Crippen LogP contribution >= 0.6 is 0 Å². The minimum absolute atomic E-state index is 0.0668. The Morgan fingerprint density at radius 2 is 2.06 bits per heavy atom. The topological polar surface area (TPSA) is 15.3 Å². The number of hydrogen-bond acceptors (Lipinski definition) is 2. The number of hydrogen-bond donors (Lipinski definition) is 1. The molecule has 1 aromatic rings. The Labute approximate surface area is 102 Å². The van der Waals surface area contributed by atoms with Gasteiger partial charge >= 0.3 is 0 Å². The molecule has 1 fully saturated rings. The van der Waals surface area contributed by atoms with Gasteiger partial charge in [0.1, 0.15) is 6.17 Å². The first-order valence-corrected chi connectivity index (χ1v) is 6.50. The minimum Gasteiger partial charge on any atom is -0.315 e. The van der Waals surface area contributed by atoms with E-state index in [1.54, 1.807) is 0 Å². The molecule has 17 heavy (non-hydrogen) atoms. The fraction of sp³-hybridized carbons (Fsp3) is 0.571. The molecule has 2 heterocycles. The summed E-state index contributed by atoms with van der Waals surface area (Å²) in [4.78, 5) is 2.30. The highest BCUT2D eigenvalue weighted by Gasteiger charge is 2.31. The molecule has 2 aliphatic heterocycles. The Morgan fingerprint density at radius 3 is 2.88 bits per heavy atom. The first-order chi connectivity index (χ1) is 8.34. The molecule has 0 spiro atoms. The van der Waals surface area contributed by atoms with E-state index in [-0.39, 0.29) is 6.04 Å². The van der Waals surface area contributed by atoms with Crippen LogP contribution in [0.5, 0.6) is 0 Å². The van der Waals surface area contributed by atoms with Gasteiger partial charge < -0.3 is 5.32 Å². The van der Waals surface area contributed by atoms with Crippen molar-refractivity contribution in [3.8, 4) is 0 Å². The molecule has 2 atom stereocenters. The smallest absolute Gasteiger partial charge is 0.118 e. The molecule has 2 nitrogen and oxygen atoms in total. The third-order valence-corrected chi connectivity index (χ3v) is 4.00. The number of nitrogens with one attached hydrogen (secondary N) is 1. The van der Waals surface area contributed by atoms with Crippen LogP contribution in [0.4, 0.5) is 4.39 Å². The average molecular weight is 234 g/mol. The summed E-state index contributed by atoms with van der Waals surface area (Å²) in [7, 11) is 0. The number of piperidine rings is 1. The van der Waals surface area contributed by atoms with Gasteiger partial charge in [-0.3, -0.25) is 4.90 Å². The van der Waals surface area contributed by atoms with Crippen LogP contribution in [0.25, 0.3) is 0 Å². The Hall–Kier alpha value is -0.930. The van der Waals surface area contributed by atoms with Gasteiger partial charge in [0.2, 0.25) is 0 Å². The summed E-state index contributed by atoms with van der Waals surface area (Å²) < 4.78 is 13.9. The second-order valence-electron chi connectivity index (χ2n) is 5.07. The van der Waals surface area contributed by atoms with Gasteiger partial charge in [-0.1, -0.05) is 24.3 Å². The van der Waals surface area contributed by atoms with Gasteiger partial charge in [0, 0.05) is 19.6 Å². The van der Waals surface area contributed by atoms with Crippen molar-refractivity contribution in [1.29, 1.82) is 0 Å². The van der Waals surface area contributed by atoms with Crippen molar-refractivity contribution in [1.82, 2.24) is 10.2 Å². The molecular weight excluding hydrogens is 215 g/mol. The Morgan fingerprint density at radius 1 is 1.24 bits per heavy atom. The predicted molar refractivity (Wildman–Crippen MR) is 66.7 cm³/mol. The quantitative estimate of drug-likeness (QED) is 0.796. The van der Waals surface area contributed by atoms with E-state index in [2.05, 4.69) is 34.5 Å². The van der Waals surface area contributed by atoms with Gasteiger partial charge in [-0.2, -0.15) is 0 Å². The number of halogens is 1. The standard InChI is InChI=1S/C14H19FN2/c15-13-5-7-16-9-14(13)17-8-6-11-3-1-2-4-12(11)10-17/h1-4,13-14,16H,5-10H2/t13-,14+/m1/s1. The predicted octanol–water partition coefficient (Wildman–Crippen LogP) is 1.74. The van der Waals surface area contributed by atoms with Crippen molar-refractivity contribution in [2.45, 2.75) is 31.6 Å². The first kappa shape index (κ1) is 11.2. The van der Waals surface area contributed by atoms with Gasteiger partial charge in [-0.25, -0.2) is 4.39 Å². The molecule has 1 N–H and O–H groups in total. The molecule has 92 valence electrons. The van der Waals surface area contributed by atoms with Crippen molar-refractivity contribution >= 4 is 0 Å². The van der Waals surface area contributed by atoms with Crippen LogP contribution in [0.3, 0.4) is 0 Å². The lowest BCUT2D eigenvalue weighted by Crippen LogP contribution is -2.53. The summed E-state index contributed by atoms with van der Waals surface area (Å²) >= 11 is 0. The molecular formula is C14H19FN2. The van der Waals surface area contributed by atoms with Crippen molar-refractivity contribution in [3.05, 3.63) is 35.4 Å². The van der Waals surface area contributed by atoms with Crippen molar-refractivity contribution in [3.63, 3.8) is 0 Å². The molecule has 0 bridgehead atoms. The second-order valence-corrected chi connectivity index (χ2v) is 5.07. The van der Waals surface area contributed by atoms with Crippen LogP contribution in [0.1, 0.15) is 17.5 Å². The Bertz CT molecular complexity index is 394. The van der Waals surface area contributed by atoms with Crippen molar-refractivity contribution in [2.75, 3.05) is 19.6 Å². The van der Waals surface area contributed by atoms with E-state index < -0.39 is 6.17 Å². The molecule has 0 unspecified atom stereocenters. The molecule has 1 saturated heterocycles. The molecule has 2 aliphatic rings. The molecule has 3 heteroatoms. The number of benzene rings is 1. The van der Waals surface area contributed by atoms with E-state index in [0.29, 0.717) is 6.42 Å². The van der Waals surface area contributed by atoms with E-state index in [1.165, 1.54) is 11.1 Å². The lowest BCUT2D eigenvalue weighted by Gasteiger charge is -2.39. The third-order valence-electron chi connectivity index (χ3n) is 4.00. The van der Waals surface area contributed by atoms with Crippen LogP contribution in [0, 0.1) is 0 Å². The second kappa shape index (κ2) is 4.75. The Balaban J connectivity index is 1.75. The number of alkyl halides is 1. The largest absolute Gasteiger partial charge is 0.315 e. The molecule has 0 aromatic heterocycles. The minimum atomic E-state index is -0.665. The lowest BCUT2D eigenvalue weighted by molar-refractivity contribution is 0.0754. The zero-order valence-corrected chi connectivity index (χ0v) is 10.0. The fourth-order valence-corrected chi connectivity index (χ4v) is 2.97. The maximum absolute atomic E-state index is 13.9. The van der Waals surface area contributed by atoms with Crippen LogP contribution in [-0.4, -0.2) is 36.7 Å². The first-order valence-electron chi connectivity index (χ1n) is 6.50. The number of rotatable bonds is 1. The zero-order chi connectivity index (χ0) is 11.7. The van der Waals surface area contributed by atoms with Crippen LogP contribution < -0.4 is 5.32 Å². The summed E-state index contributed by atoms with van der Waals surface area (Å²) in [5, 5.41) is 3.30. The van der Waals surface area contributed by atoms with E-state index >= 15 is 0 Å². The summed E-state index contributed by atoms with van der Waals surface area (Å²) in [6.07, 6.45) is 1.05. The molecule has 0 aliphatic carbocycles. The molecule has 0 radical (unpaired) electrons. The normalized spacial score (nSPS) is 29.9.